The van der Waals surface area contributed by atoms with E-state index in [9.17, 15) is 9.18 Å². The van der Waals surface area contributed by atoms with Gasteiger partial charge in [-0.15, -0.1) is 11.3 Å². The lowest BCUT2D eigenvalue weighted by Crippen LogP contribution is -2.26. The molecule has 2 aromatic rings. The average Bonchev–Trinajstić information content (AvgIpc) is 2.75. The van der Waals surface area contributed by atoms with Gasteiger partial charge in [-0.2, -0.15) is 0 Å². The maximum Gasteiger partial charge on any atom is 0.258 e. The van der Waals surface area contributed by atoms with Crippen LogP contribution in [0.2, 0.25) is 0 Å². The molecular weight excluding hydrogens is 305 g/mol. The zero-order chi connectivity index (χ0) is 12.4. The van der Waals surface area contributed by atoms with Gasteiger partial charge in [-0.3, -0.25) is 4.79 Å². The summed E-state index contributed by atoms with van der Waals surface area (Å²) in [6, 6.07) is 7.94. The molecule has 0 N–H and O–H groups in total. The van der Waals surface area contributed by atoms with Gasteiger partial charge < -0.3 is 4.90 Å². The summed E-state index contributed by atoms with van der Waals surface area (Å²) in [7, 11) is 1.56. The van der Waals surface area contributed by atoms with Gasteiger partial charge in [0.2, 0.25) is 0 Å². The molecule has 0 unspecified atom stereocenters. The number of carbonyl (C=O) groups is 1. The summed E-state index contributed by atoms with van der Waals surface area (Å²) < 4.78 is 14.4. The van der Waals surface area contributed by atoms with E-state index in [1.807, 2.05) is 0 Å². The van der Waals surface area contributed by atoms with Crippen LogP contribution in [-0.2, 0) is 0 Å². The molecule has 0 aliphatic rings. The number of benzene rings is 1. The number of amides is 1. The molecule has 0 radical (unpaired) electrons. The molecule has 0 saturated carbocycles. The minimum atomic E-state index is -0.405. The van der Waals surface area contributed by atoms with Gasteiger partial charge in [0.15, 0.2) is 0 Å². The Morgan fingerprint density at radius 3 is 2.71 bits per heavy atom. The molecule has 17 heavy (non-hydrogen) atoms. The molecule has 0 aliphatic heterocycles. The topological polar surface area (TPSA) is 20.3 Å². The Bertz CT molecular complexity index is 555. The molecule has 0 fully saturated rings. The maximum absolute atomic E-state index is 13.5. The van der Waals surface area contributed by atoms with Crippen LogP contribution in [0.3, 0.4) is 0 Å². The van der Waals surface area contributed by atoms with Crippen molar-refractivity contribution in [3.8, 4) is 0 Å². The number of halogens is 2. The Morgan fingerprint density at radius 2 is 2.12 bits per heavy atom. The molecule has 1 aromatic heterocycles. The number of anilines is 1. The smallest absolute Gasteiger partial charge is 0.258 e. The van der Waals surface area contributed by atoms with Crippen molar-refractivity contribution in [1.29, 1.82) is 0 Å². The first-order valence-corrected chi connectivity index (χ1v) is 6.53. The predicted molar refractivity (Wildman–Crippen MR) is 71.2 cm³/mol. The molecule has 0 atom stereocenters. The third-order valence-electron chi connectivity index (χ3n) is 2.33. The third-order valence-corrected chi connectivity index (χ3v) is 3.84. The summed E-state index contributed by atoms with van der Waals surface area (Å²) in [5.74, 6) is -0.630. The van der Waals surface area contributed by atoms with Crippen LogP contribution in [0, 0.1) is 5.82 Å². The highest BCUT2D eigenvalue weighted by molar-refractivity contribution is 9.11. The molecule has 2 rings (SSSR count). The second-order valence-corrected chi connectivity index (χ2v) is 5.75. The zero-order valence-electron chi connectivity index (χ0n) is 8.98. The van der Waals surface area contributed by atoms with Gasteiger partial charge in [0.1, 0.15) is 5.82 Å². The van der Waals surface area contributed by atoms with E-state index >= 15 is 0 Å². The van der Waals surface area contributed by atoms with Crippen LogP contribution in [0.1, 0.15) is 10.4 Å². The van der Waals surface area contributed by atoms with Gasteiger partial charge >= 0.3 is 0 Å². The molecule has 1 aromatic carbocycles. The number of rotatable bonds is 2. The number of carbonyl (C=O) groups excluding carboxylic acids is 1. The fourth-order valence-corrected chi connectivity index (χ4v) is 2.58. The van der Waals surface area contributed by atoms with Gasteiger partial charge in [0.05, 0.1) is 15.0 Å². The highest BCUT2D eigenvalue weighted by Gasteiger charge is 2.17. The highest BCUT2D eigenvalue weighted by Crippen LogP contribution is 2.24. The standard InChI is InChI=1S/C12H9BrFNOS/c1-15(10-5-3-2-4-9(10)14)12(16)8-6-11(13)17-7-8/h2-7H,1H3. The fraction of sp³-hybridized carbons (Fsp3) is 0.0833. The monoisotopic (exact) mass is 313 g/mol. The maximum atomic E-state index is 13.5. The first-order chi connectivity index (χ1) is 8.09. The van der Waals surface area contributed by atoms with Gasteiger partial charge in [-0.25, -0.2) is 4.39 Å². The lowest BCUT2D eigenvalue weighted by Gasteiger charge is -2.17. The normalized spacial score (nSPS) is 10.3. The summed E-state index contributed by atoms with van der Waals surface area (Å²) in [4.78, 5) is 13.4. The van der Waals surface area contributed by atoms with Crippen molar-refractivity contribution in [2.24, 2.45) is 0 Å². The van der Waals surface area contributed by atoms with Crippen molar-refractivity contribution < 1.29 is 9.18 Å². The van der Waals surface area contributed by atoms with Crippen molar-refractivity contribution >= 4 is 38.9 Å². The molecular formula is C12H9BrFNOS. The Balaban J connectivity index is 2.29. The predicted octanol–water partition coefficient (Wildman–Crippen LogP) is 3.93. The van der Waals surface area contributed by atoms with E-state index in [0.29, 0.717) is 5.56 Å². The van der Waals surface area contributed by atoms with Crippen LogP contribution < -0.4 is 4.90 Å². The fourth-order valence-electron chi connectivity index (χ4n) is 1.45. The second kappa shape index (κ2) is 4.98. The van der Waals surface area contributed by atoms with E-state index in [2.05, 4.69) is 15.9 Å². The molecule has 0 bridgehead atoms. The van der Waals surface area contributed by atoms with Crippen molar-refractivity contribution in [3.63, 3.8) is 0 Å². The Kier molecular flexibility index (Phi) is 3.59. The largest absolute Gasteiger partial charge is 0.309 e. The average molecular weight is 314 g/mol. The van der Waals surface area contributed by atoms with Gasteiger partial charge in [0.25, 0.3) is 5.91 Å². The molecule has 1 amide bonds. The molecule has 0 saturated heterocycles. The first-order valence-electron chi connectivity index (χ1n) is 4.86. The molecule has 0 aliphatic carbocycles. The van der Waals surface area contributed by atoms with Crippen molar-refractivity contribution in [3.05, 3.63) is 50.9 Å². The summed E-state index contributed by atoms with van der Waals surface area (Å²) in [6.45, 7) is 0. The van der Waals surface area contributed by atoms with Crippen LogP contribution in [0.15, 0.2) is 39.5 Å². The number of thiophene rings is 1. The van der Waals surface area contributed by atoms with Crippen LogP contribution in [0.5, 0.6) is 0 Å². The summed E-state index contributed by atoms with van der Waals surface area (Å²) in [5, 5.41) is 1.74. The molecule has 1 heterocycles. The van der Waals surface area contributed by atoms with Crippen LogP contribution in [-0.4, -0.2) is 13.0 Å². The second-order valence-electron chi connectivity index (χ2n) is 3.46. The third kappa shape index (κ3) is 2.56. The van der Waals surface area contributed by atoms with E-state index in [1.54, 1.807) is 36.7 Å². The van der Waals surface area contributed by atoms with E-state index < -0.39 is 5.82 Å². The van der Waals surface area contributed by atoms with Crippen LogP contribution in [0.4, 0.5) is 10.1 Å². The zero-order valence-corrected chi connectivity index (χ0v) is 11.4. The molecule has 0 spiro atoms. The Labute approximate surface area is 111 Å². The first kappa shape index (κ1) is 12.3. The summed E-state index contributed by atoms with van der Waals surface area (Å²) >= 11 is 4.72. The minimum Gasteiger partial charge on any atom is -0.309 e. The van der Waals surface area contributed by atoms with Gasteiger partial charge in [-0.05, 0) is 34.1 Å². The SMILES string of the molecule is CN(C(=O)c1csc(Br)c1)c1ccccc1F. The van der Waals surface area contributed by atoms with E-state index in [0.717, 1.165) is 3.79 Å². The number of hydrogen-bond donors (Lipinski definition) is 0. The van der Waals surface area contributed by atoms with Crippen molar-refractivity contribution in [2.45, 2.75) is 0 Å². The van der Waals surface area contributed by atoms with Gasteiger partial charge in [-0.1, -0.05) is 12.1 Å². The molecule has 2 nitrogen and oxygen atoms in total. The number of nitrogens with zero attached hydrogens (tertiary/aromatic N) is 1. The highest BCUT2D eigenvalue weighted by atomic mass is 79.9. The lowest BCUT2D eigenvalue weighted by atomic mass is 10.2. The molecule has 5 heteroatoms. The summed E-state index contributed by atoms with van der Waals surface area (Å²) in [6.07, 6.45) is 0. The quantitative estimate of drug-likeness (QED) is 0.822. The lowest BCUT2D eigenvalue weighted by molar-refractivity contribution is 0.0992. The Hall–Kier alpha value is -1.20. The van der Waals surface area contributed by atoms with Gasteiger partial charge in [0, 0.05) is 12.4 Å². The van der Waals surface area contributed by atoms with E-state index in [4.69, 9.17) is 0 Å². The van der Waals surface area contributed by atoms with Crippen molar-refractivity contribution in [1.82, 2.24) is 0 Å². The minimum absolute atomic E-state index is 0.225. The summed E-state index contributed by atoms with van der Waals surface area (Å²) in [5.41, 5.74) is 0.826. The number of hydrogen-bond acceptors (Lipinski definition) is 2. The van der Waals surface area contributed by atoms with E-state index in [1.165, 1.54) is 22.3 Å². The number of para-hydroxylation sites is 1. The molecule has 88 valence electrons. The van der Waals surface area contributed by atoms with Crippen LogP contribution >= 0.6 is 27.3 Å². The Morgan fingerprint density at radius 1 is 1.41 bits per heavy atom. The van der Waals surface area contributed by atoms with Crippen molar-refractivity contribution in [2.75, 3.05) is 11.9 Å². The van der Waals surface area contributed by atoms with E-state index in [-0.39, 0.29) is 11.6 Å². The van der Waals surface area contributed by atoms with Crippen LogP contribution in [0.25, 0.3) is 0 Å².